The fraction of sp³-hybridized carbons (Fsp3) is 0.250. The summed E-state index contributed by atoms with van der Waals surface area (Å²) in [6, 6.07) is 1.08. The van der Waals surface area contributed by atoms with Crippen LogP contribution < -0.4 is 15.9 Å². The summed E-state index contributed by atoms with van der Waals surface area (Å²) < 4.78 is 205. The first-order valence-electron chi connectivity index (χ1n) is 10.6. The van der Waals surface area contributed by atoms with Gasteiger partial charge < -0.3 is 0 Å². The smallest absolute Gasteiger partial charge is 0.166 e. The maximum Gasteiger partial charge on any atom is 0.416 e. The van der Waals surface area contributed by atoms with Gasteiger partial charge in [-0.15, -0.1) is 0 Å². The summed E-state index contributed by atoms with van der Waals surface area (Å²) in [5.41, 5.74) is -9.74. The Morgan fingerprint density at radius 3 is 0.854 bits per heavy atom. The number of hydrogen-bond acceptors (Lipinski definition) is 0. The van der Waals surface area contributed by atoms with E-state index in [0.29, 0.717) is 6.07 Å². The number of halogens is 16. The molecular formula is C24H12BrF15P+. The number of rotatable bonds is 3. The van der Waals surface area contributed by atoms with E-state index in [1.54, 1.807) is 0 Å². The van der Waals surface area contributed by atoms with Crippen LogP contribution in [-0.2, 0) is 30.9 Å². The van der Waals surface area contributed by atoms with Crippen LogP contribution in [0, 0.1) is 6.92 Å². The van der Waals surface area contributed by atoms with Crippen LogP contribution in [0.4, 0.5) is 65.9 Å². The lowest BCUT2D eigenvalue weighted by molar-refractivity contribution is -0.144. The van der Waals surface area contributed by atoms with Gasteiger partial charge in [-0.25, -0.2) is 0 Å². The minimum Gasteiger partial charge on any atom is -0.166 e. The monoisotopic (exact) mass is 695 g/mol. The molecule has 224 valence electrons. The average Bonchev–Trinajstić information content (AvgIpc) is 2.79. The lowest BCUT2D eigenvalue weighted by atomic mass is 10.1. The Morgan fingerprint density at radius 2 is 0.610 bits per heavy atom. The predicted octanol–water partition coefficient (Wildman–Crippen LogP) is 9.69. The molecule has 0 aliphatic heterocycles. The summed E-state index contributed by atoms with van der Waals surface area (Å²) in [5, 5.41) is -3.05. The number of hydrogen-bond donors (Lipinski definition) is 0. The van der Waals surface area contributed by atoms with E-state index in [1.165, 1.54) is 0 Å². The molecule has 41 heavy (non-hydrogen) atoms. The van der Waals surface area contributed by atoms with E-state index in [-0.39, 0.29) is 48.0 Å². The van der Waals surface area contributed by atoms with Crippen LogP contribution in [0.5, 0.6) is 0 Å². The van der Waals surface area contributed by atoms with Gasteiger partial charge in [0, 0.05) is 0 Å². The highest BCUT2D eigenvalue weighted by Crippen LogP contribution is 2.64. The van der Waals surface area contributed by atoms with E-state index in [1.807, 2.05) is 0 Å². The molecule has 0 aliphatic carbocycles. The highest BCUT2D eigenvalue weighted by atomic mass is 79.9. The molecule has 0 fully saturated rings. The first-order chi connectivity index (χ1) is 18.2. The fourth-order valence-corrected chi connectivity index (χ4v) is 8.49. The Labute approximate surface area is 229 Å². The summed E-state index contributed by atoms with van der Waals surface area (Å²) in [5.74, 6) is -4.72. The number of alkyl halides is 15. The van der Waals surface area contributed by atoms with Crippen molar-refractivity contribution in [2.24, 2.45) is 0 Å². The Morgan fingerprint density at radius 1 is 0.390 bits per heavy atom. The molecular weight excluding hydrogens is 684 g/mol. The van der Waals surface area contributed by atoms with Crippen LogP contribution in [0.2, 0.25) is 0 Å². The minimum atomic E-state index is -5.50. The molecule has 3 rings (SSSR count). The molecule has 0 heterocycles. The van der Waals surface area contributed by atoms with Gasteiger partial charge in [-0.2, -0.15) is 65.9 Å². The largest absolute Gasteiger partial charge is 0.416 e. The maximum atomic E-state index is 13.6. The molecule has 0 N–H and O–H groups in total. The normalized spacial score (nSPS) is 14.0. The molecule has 0 spiro atoms. The molecule has 0 amide bonds. The van der Waals surface area contributed by atoms with E-state index in [0.717, 1.165) is 13.0 Å². The molecule has 0 radical (unpaired) electrons. The standard InChI is InChI=1S/C24H12BrF15P/c1-11-2-12(20(26,27)28)6-17(3-11)41(25,18-7-13(21(29,30)31)4-14(8-18)22(32,33)34)19-9-15(23(35,36)37)5-16(10-19)24(38,39)40/h2-10H,1H3/q+1. The summed E-state index contributed by atoms with van der Waals surface area (Å²) in [4.78, 5) is 0. The topological polar surface area (TPSA) is 0 Å². The number of benzene rings is 3. The molecule has 0 nitrogen and oxygen atoms in total. The molecule has 3 aromatic carbocycles. The van der Waals surface area contributed by atoms with Crippen molar-refractivity contribution in [1.82, 2.24) is 0 Å². The van der Waals surface area contributed by atoms with Crippen LogP contribution >= 0.6 is 21.5 Å². The van der Waals surface area contributed by atoms with Crippen LogP contribution in [0.1, 0.15) is 33.4 Å². The van der Waals surface area contributed by atoms with E-state index in [2.05, 4.69) is 15.5 Å². The van der Waals surface area contributed by atoms with Crippen molar-refractivity contribution in [2.45, 2.75) is 37.8 Å². The van der Waals surface area contributed by atoms with Gasteiger partial charge in [0.25, 0.3) is 0 Å². The summed E-state index contributed by atoms with van der Waals surface area (Å²) in [7, 11) is 0. The first kappa shape index (κ1) is 33.0. The van der Waals surface area contributed by atoms with Gasteiger partial charge in [0.05, 0.1) is 27.8 Å². The lowest BCUT2D eigenvalue weighted by Gasteiger charge is -2.25. The van der Waals surface area contributed by atoms with Crippen molar-refractivity contribution in [2.75, 3.05) is 0 Å². The highest BCUT2D eigenvalue weighted by Gasteiger charge is 2.51. The van der Waals surface area contributed by atoms with Gasteiger partial charge in [0.2, 0.25) is 0 Å². The molecule has 3 aromatic rings. The van der Waals surface area contributed by atoms with Gasteiger partial charge in [-0.05, 0) is 67.1 Å². The zero-order valence-electron chi connectivity index (χ0n) is 19.7. The zero-order valence-corrected chi connectivity index (χ0v) is 22.2. The van der Waals surface area contributed by atoms with Crippen molar-refractivity contribution < 1.29 is 65.9 Å². The van der Waals surface area contributed by atoms with E-state index >= 15 is 0 Å². The molecule has 0 unspecified atom stereocenters. The molecule has 0 aliphatic rings. The SMILES string of the molecule is Cc1cc(C(F)(F)F)cc([P+](Br)(c2cc(C(F)(F)F)cc(C(F)(F)F)c2)c2cc(C(F)(F)F)cc(C(F)(F)F)c2)c1. The molecule has 0 saturated carbocycles. The lowest BCUT2D eigenvalue weighted by Crippen LogP contribution is -2.31. The quantitative estimate of drug-likeness (QED) is 0.189. The van der Waals surface area contributed by atoms with Crippen LogP contribution in [0.15, 0.2) is 54.6 Å². The highest BCUT2D eigenvalue weighted by molar-refractivity contribution is 9.44. The van der Waals surface area contributed by atoms with E-state index in [9.17, 15) is 65.9 Å². The van der Waals surface area contributed by atoms with Crippen LogP contribution in [0.25, 0.3) is 0 Å². The second kappa shape index (κ2) is 10.4. The van der Waals surface area contributed by atoms with Gasteiger partial charge in [0.1, 0.15) is 15.9 Å². The van der Waals surface area contributed by atoms with E-state index in [4.69, 9.17) is 0 Å². The van der Waals surface area contributed by atoms with Gasteiger partial charge in [0.15, 0.2) is 21.5 Å². The molecule has 0 aromatic heterocycles. The Hall–Kier alpha value is -2.48. The summed E-state index contributed by atoms with van der Waals surface area (Å²) in [6.45, 7) is 1.04. The Balaban J connectivity index is 2.61. The third-order valence-electron chi connectivity index (χ3n) is 5.60. The zero-order chi connectivity index (χ0) is 31.6. The van der Waals surface area contributed by atoms with Crippen LogP contribution in [-0.4, -0.2) is 0 Å². The van der Waals surface area contributed by atoms with Crippen LogP contribution in [0.3, 0.4) is 0 Å². The van der Waals surface area contributed by atoms with Crippen molar-refractivity contribution in [3.05, 3.63) is 88.0 Å². The second-order valence-corrected chi connectivity index (χ2v) is 14.6. The van der Waals surface area contributed by atoms with Gasteiger partial charge in [-0.1, -0.05) is 0 Å². The Bertz CT molecular complexity index is 1300. The molecule has 0 atom stereocenters. The van der Waals surface area contributed by atoms with Crippen molar-refractivity contribution in [3.8, 4) is 0 Å². The van der Waals surface area contributed by atoms with Gasteiger partial charge >= 0.3 is 30.9 Å². The van der Waals surface area contributed by atoms with Crippen molar-refractivity contribution in [3.63, 3.8) is 0 Å². The predicted molar refractivity (Wildman–Crippen MR) is 124 cm³/mol. The Kier molecular flexibility index (Phi) is 8.34. The third kappa shape index (κ3) is 7.12. The minimum absolute atomic E-state index is 0.0425. The third-order valence-corrected chi connectivity index (χ3v) is 12.2. The van der Waals surface area contributed by atoms with E-state index < -0.39 is 80.6 Å². The number of aryl methyl sites for hydroxylation is 1. The molecule has 0 saturated heterocycles. The summed E-state index contributed by atoms with van der Waals surface area (Å²) in [6.07, 6.45) is -27.1. The van der Waals surface area contributed by atoms with Crippen molar-refractivity contribution >= 4 is 37.4 Å². The molecule has 17 heteroatoms. The second-order valence-electron chi connectivity index (χ2n) is 8.67. The first-order valence-corrected chi connectivity index (χ1v) is 14.4. The molecule has 0 bridgehead atoms. The van der Waals surface area contributed by atoms with Crippen molar-refractivity contribution in [1.29, 1.82) is 0 Å². The maximum absolute atomic E-state index is 13.6. The fourth-order valence-electron chi connectivity index (χ4n) is 3.78. The van der Waals surface area contributed by atoms with Gasteiger partial charge in [-0.3, -0.25) is 0 Å². The average molecular weight is 696 g/mol. The summed E-state index contributed by atoms with van der Waals surface area (Å²) >= 11 is 2.82.